The third-order valence-electron chi connectivity index (χ3n) is 3.53. The SMILES string of the molecule is CCN(C[C@@H](O)c1ccc(C)cc1)C(=O)Nc1cccnc1Cl. The number of pyridine rings is 1. The number of anilines is 1. The fourth-order valence-electron chi connectivity index (χ4n) is 2.13. The molecule has 2 rings (SSSR count). The normalized spacial score (nSPS) is 11.8. The average Bonchev–Trinajstić information content (AvgIpc) is 2.55. The van der Waals surface area contributed by atoms with Crippen LogP contribution in [0.1, 0.15) is 24.2 Å². The van der Waals surface area contributed by atoms with Gasteiger partial charge >= 0.3 is 6.03 Å². The van der Waals surface area contributed by atoms with E-state index in [0.717, 1.165) is 11.1 Å². The maximum absolute atomic E-state index is 12.3. The molecule has 5 nitrogen and oxygen atoms in total. The zero-order valence-corrected chi connectivity index (χ0v) is 13.9. The minimum atomic E-state index is -0.745. The molecule has 0 spiro atoms. The maximum atomic E-state index is 12.3. The Morgan fingerprint density at radius 1 is 1.35 bits per heavy atom. The number of carbonyl (C=O) groups is 1. The minimum absolute atomic E-state index is 0.198. The molecule has 0 radical (unpaired) electrons. The van der Waals surface area contributed by atoms with Crippen LogP contribution in [-0.2, 0) is 0 Å². The number of hydrogen-bond donors (Lipinski definition) is 2. The monoisotopic (exact) mass is 333 g/mol. The van der Waals surface area contributed by atoms with Gasteiger partial charge in [-0.25, -0.2) is 9.78 Å². The first-order valence-electron chi connectivity index (χ1n) is 7.42. The lowest BCUT2D eigenvalue weighted by Crippen LogP contribution is -2.37. The van der Waals surface area contributed by atoms with E-state index >= 15 is 0 Å². The van der Waals surface area contributed by atoms with Gasteiger partial charge in [-0.05, 0) is 31.5 Å². The van der Waals surface area contributed by atoms with Crippen molar-refractivity contribution in [2.45, 2.75) is 20.0 Å². The molecule has 0 saturated carbocycles. The summed E-state index contributed by atoms with van der Waals surface area (Å²) in [4.78, 5) is 17.8. The van der Waals surface area contributed by atoms with Crippen molar-refractivity contribution in [2.75, 3.05) is 18.4 Å². The number of carbonyl (C=O) groups excluding carboxylic acids is 1. The lowest BCUT2D eigenvalue weighted by molar-refractivity contribution is 0.128. The third-order valence-corrected chi connectivity index (χ3v) is 3.83. The molecule has 1 aromatic carbocycles. The number of halogens is 1. The molecule has 23 heavy (non-hydrogen) atoms. The van der Waals surface area contributed by atoms with Crippen molar-refractivity contribution in [3.63, 3.8) is 0 Å². The smallest absolute Gasteiger partial charge is 0.322 e. The van der Waals surface area contributed by atoms with Gasteiger partial charge in [-0.2, -0.15) is 0 Å². The Labute approximate surface area is 140 Å². The summed E-state index contributed by atoms with van der Waals surface area (Å²) >= 11 is 5.94. The van der Waals surface area contributed by atoms with Crippen LogP contribution in [0.3, 0.4) is 0 Å². The minimum Gasteiger partial charge on any atom is -0.387 e. The van der Waals surface area contributed by atoms with Crippen molar-refractivity contribution in [3.8, 4) is 0 Å². The van der Waals surface area contributed by atoms with E-state index in [1.807, 2.05) is 38.1 Å². The van der Waals surface area contributed by atoms with Crippen molar-refractivity contribution in [1.29, 1.82) is 0 Å². The Morgan fingerprint density at radius 2 is 2.04 bits per heavy atom. The number of aliphatic hydroxyl groups is 1. The third kappa shape index (κ3) is 4.68. The molecule has 0 bridgehead atoms. The number of aryl methyl sites for hydroxylation is 1. The van der Waals surface area contributed by atoms with Crippen molar-refractivity contribution in [3.05, 3.63) is 58.9 Å². The standard InChI is InChI=1S/C17H20ClN3O2/c1-3-21(11-15(22)13-8-6-12(2)7-9-13)17(23)20-14-5-4-10-19-16(14)18/h4-10,15,22H,3,11H2,1-2H3,(H,20,23)/t15-/m1/s1. The van der Waals surface area contributed by atoms with E-state index in [4.69, 9.17) is 11.6 Å². The van der Waals surface area contributed by atoms with Crippen molar-refractivity contribution in [2.24, 2.45) is 0 Å². The number of nitrogens with one attached hydrogen (secondary N) is 1. The van der Waals surface area contributed by atoms with Gasteiger partial charge in [-0.1, -0.05) is 41.4 Å². The molecule has 122 valence electrons. The molecular formula is C17H20ClN3O2. The molecule has 0 aliphatic rings. The number of urea groups is 1. The van der Waals surface area contributed by atoms with Gasteiger partial charge in [0, 0.05) is 12.7 Å². The number of nitrogens with zero attached hydrogens (tertiary/aromatic N) is 2. The van der Waals surface area contributed by atoms with E-state index in [2.05, 4.69) is 10.3 Å². The van der Waals surface area contributed by atoms with Crippen LogP contribution in [0.5, 0.6) is 0 Å². The van der Waals surface area contributed by atoms with Gasteiger partial charge in [0.25, 0.3) is 0 Å². The number of aromatic nitrogens is 1. The Morgan fingerprint density at radius 3 is 2.65 bits per heavy atom. The number of amides is 2. The summed E-state index contributed by atoms with van der Waals surface area (Å²) in [5.74, 6) is 0. The molecule has 0 fully saturated rings. The molecule has 1 atom stereocenters. The van der Waals surface area contributed by atoms with Crippen LogP contribution < -0.4 is 5.32 Å². The fraction of sp³-hybridized carbons (Fsp3) is 0.294. The zero-order valence-electron chi connectivity index (χ0n) is 13.2. The predicted octanol–water partition coefficient (Wildman–Crippen LogP) is 3.63. The van der Waals surface area contributed by atoms with E-state index < -0.39 is 6.10 Å². The molecule has 0 aliphatic carbocycles. The number of benzene rings is 1. The van der Waals surface area contributed by atoms with Crippen LogP contribution in [-0.4, -0.2) is 34.1 Å². The summed E-state index contributed by atoms with van der Waals surface area (Å²) in [6, 6.07) is 10.6. The molecule has 6 heteroatoms. The molecule has 1 aromatic heterocycles. The summed E-state index contributed by atoms with van der Waals surface area (Å²) in [7, 11) is 0. The van der Waals surface area contributed by atoms with E-state index in [-0.39, 0.29) is 17.7 Å². The van der Waals surface area contributed by atoms with Gasteiger partial charge in [-0.15, -0.1) is 0 Å². The molecule has 0 saturated heterocycles. The Kier molecular flexibility index (Phi) is 5.96. The Balaban J connectivity index is 2.02. The quantitative estimate of drug-likeness (QED) is 0.821. The Bertz CT molecular complexity index is 661. The first kappa shape index (κ1) is 17.2. The van der Waals surface area contributed by atoms with Crippen molar-refractivity contribution >= 4 is 23.3 Å². The van der Waals surface area contributed by atoms with Crippen LogP contribution in [0.15, 0.2) is 42.6 Å². The molecule has 2 N–H and O–H groups in total. The summed E-state index contributed by atoms with van der Waals surface area (Å²) in [5.41, 5.74) is 2.35. The van der Waals surface area contributed by atoms with Gasteiger partial charge < -0.3 is 15.3 Å². The maximum Gasteiger partial charge on any atom is 0.322 e. The molecule has 0 aliphatic heterocycles. The van der Waals surface area contributed by atoms with Crippen LogP contribution in [0, 0.1) is 6.92 Å². The van der Waals surface area contributed by atoms with Gasteiger partial charge in [0.2, 0.25) is 0 Å². The molecule has 2 aromatic rings. The highest BCUT2D eigenvalue weighted by molar-refractivity contribution is 6.32. The highest BCUT2D eigenvalue weighted by Gasteiger charge is 2.18. The second-order valence-electron chi connectivity index (χ2n) is 5.24. The molecular weight excluding hydrogens is 314 g/mol. The van der Waals surface area contributed by atoms with Crippen LogP contribution >= 0.6 is 11.6 Å². The second-order valence-corrected chi connectivity index (χ2v) is 5.60. The van der Waals surface area contributed by atoms with Crippen molar-refractivity contribution < 1.29 is 9.90 Å². The Hall–Kier alpha value is -2.11. The summed E-state index contributed by atoms with van der Waals surface area (Å²) in [6.45, 7) is 4.50. The first-order valence-corrected chi connectivity index (χ1v) is 7.80. The highest BCUT2D eigenvalue weighted by atomic mass is 35.5. The molecule has 2 amide bonds. The number of rotatable bonds is 5. The van der Waals surface area contributed by atoms with Crippen LogP contribution in [0.2, 0.25) is 5.15 Å². The second kappa shape index (κ2) is 7.94. The fourth-order valence-corrected chi connectivity index (χ4v) is 2.30. The number of hydrogen-bond acceptors (Lipinski definition) is 3. The van der Waals surface area contributed by atoms with E-state index in [0.29, 0.717) is 12.2 Å². The molecule has 1 heterocycles. The van der Waals surface area contributed by atoms with Crippen LogP contribution in [0.4, 0.5) is 10.5 Å². The predicted molar refractivity (Wildman–Crippen MR) is 91.7 cm³/mol. The summed E-state index contributed by atoms with van der Waals surface area (Å²) < 4.78 is 0. The van der Waals surface area contributed by atoms with E-state index in [9.17, 15) is 9.90 Å². The topological polar surface area (TPSA) is 65.5 Å². The van der Waals surface area contributed by atoms with Gasteiger partial charge in [0.15, 0.2) is 5.15 Å². The van der Waals surface area contributed by atoms with E-state index in [1.165, 1.54) is 4.90 Å². The zero-order chi connectivity index (χ0) is 16.8. The van der Waals surface area contributed by atoms with Gasteiger partial charge in [-0.3, -0.25) is 0 Å². The number of likely N-dealkylation sites (N-methyl/N-ethyl adjacent to an activating group) is 1. The summed E-state index contributed by atoms with van der Waals surface area (Å²) in [5, 5.41) is 13.3. The van der Waals surface area contributed by atoms with Crippen LogP contribution in [0.25, 0.3) is 0 Å². The number of aliphatic hydroxyl groups excluding tert-OH is 1. The summed E-state index contributed by atoms with van der Waals surface area (Å²) in [6.07, 6.45) is 0.808. The van der Waals surface area contributed by atoms with E-state index in [1.54, 1.807) is 18.3 Å². The highest BCUT2D eigenvalue weighted by Crippen LogP contribution is 2.19. The van der Waals surface area contributed by atoms with Gasteiger partial charge in [0.05, 0.1) is 18.3 Å². The van der Waals surface area contributed by atoms with Gasteiger partial charge in [0.1, 0.15) is 0 Å². The average molecular weight is 334 g/mol. The first-order chi connectivity index (χ1) is 11.0. The lowest BCUT2D eigenvalue weighted by Gasteiger charge is -2.24. The largest absolute Gasteiger partial charge is 0.387 e. The molecule has 0 unspecified atom stereocenters. The van der Waals surface area contributed by atoms with Crippen molar-refractivity contribution in [1.82, 2.24) is 9.88 Å². The lowest BCUT2D eigenvalue weighted by atomic mass is 10.1.